The smallest absolute Gasteiger partial charge is 0.359 e. The molecule has 0 N–H and O–H groups in total. The van der Waals surface area contributed by atoms with E-state index in [9.17, 15) is 22.4 Å². The van der Waals surface area contributed by atoms with Crippen molar-refractivity contribution in [3.05, 3.63) is 30.1 Å². The van der Waals surface area contributed by atoms with Crippen molar-refractivity contribution in [2.45, 2.75) is 42.7 Å². The van der Waals surface area contributed by atoms with Crippen molar-refractivity contribution in [2.75, 3.05) is 0 Å². The van der Waals surface area contributed by atoms with Gasteiger partial charge in [0.05, 0.1) is 10.8 Å². The molecule has 5 nitrogen and oxygen atoms in total. The number of carbonyl (C=O) groups excluding carboxylic acids is 2. The van der Waals surface area contributed by atoms with Crippen LogP contribution in [-0.2, 0) is 24.2 Å². The van der Waals surface area contributed by atoms with Gasteiger partial charge < -0.3 is 4.74 Å². The number of sulfone groups is 1. The maximum atomic E-state index is 15.4. The third-order valence-corrected chi connectivity index (χ3v) is 5.75. The molecular formula is C15H16F2O5S. The normalized spacial score (nSPS) is 21.5. The first-order valence-electron chi connectivity index (χ1n) is 7.07. The second-order valence-electron chi connectivity index (χ2n) is 5.47. The van der Waals surface area contributed by atoms with E-state index in [1.54, 1.807) is 0 Å². The van der Waals surface area contributed by atoms with Crippen molar-refractivity contribution in [3.8, 4) is 0 Å². The Kier molecular flexibility index (Phi) is 4.84. The fourth-order valence-electron chi connectivity index (χ4n) is 2.67. The summed E-state index contributed by atoms with van der Waals surface area (Å²) in [5, 5.41) is -3.40. The summed E-state index contributed by atoms with van der Waals surface area (Å²) in [7, 11) is -4.84. The molecule has 0 heterocycles. The third-order valence-electron chi connectivity index (χ3n) is 3.73. The van der Waals surface area contributed by atoms with Crippen LogP contribution in [0, 0.1) is 11.7 Å². The predicted octanol–water partition coefficient (Wildman–Crippen LogP) is 2.55. The van der Waals surface area contributed by atoms with E-state index in [0.717, 1.165) is 25.1 Å². The van der Waals surface area contributed by atoms with Gasteiger partial charge in [0.2, 0.25) is 0 Å². The largest absolute Gasteiger partial charge is 0.414 e. The van der Waals surface area contributed by atoms with Gasteiger partial charge in [-0.05, 0) is 31.0 Å². The van der Waals surface area contributed by atoms with Gasteiger partial charge in [-0.15, -0.1) is 0 Å². The number of benzene rings is 1. The summed E-state index contributed by atoms with van der Waals surface area (Å²) in [6.45, 7) is 0.875. The van der Waals surface area contributed by atoms with Crippen LogP contribution < -0.4 is 0 Å². The Morgan fingerprint density at radius 2 is 2.09 bits per heavy atom. The first-order chi connectivity index (χ1) is 10.7. The van der Waals surface area contributed by atoms with Gasteiger partial charge in [-0.2, -0.15) is 4.39 Å². The number of rotatable bonds is 4. The predicted molar refractivity (Wildman–Crippen MR) is 76.2 cm³/mol. The van der Waals surface area contributed by atoms with Gasteiger partial charge in [0.1, 0.15) is 11.6 Å². The minimum absolute atomic E-state index is 0.0735. The molecule has 23 heavy (non-hydrogen) atoms. The van der Waals surface area contributed by atoms with Crippen molar-refractivity contribution in [1.29, 1.82) is 0 Å². The number of hydrogen-bond acceptors (Lipinski definition) is 5. The molecule has 1 aromatic carbocycles. The summed E-state index contributed by atoms with van der Waals surface area (Å²) in [4.78, 5) is 22.2. The number of esters is 1. The van der Waals surface area contributed by atoms with Crippen LogP contribution in [0.25, 0.3) is 0 Å². The van der Waals surface area contributed by atoms with Crippen LogP contribution in [-0.4, -0.2) is 25.4 Å². The van der Waals surface area contributed by atoms with E-state index in [2.05, 4.69) is 4.74 Å². The van der Waals surface area contributed by atoms with Crippen molar-refractivity contribution in [2.24, 2.45) is 5.92 Å². The number of alkyl halides is 1. The molecule has 2 unspecified atom stereocenters. The second kappa shape index (κ2) is 6.35. The first-order valence-corrected chi connectivity index (χ1v) is 8.55. The molecule has 2 atom stereocenters. The zero-order valence-electron chi connectivity index (χ0n) is 12.4. The third kappa shape index (κ3) is 3.41. The molecule has 0 saturated heterocycles. The van der Waals surface area contributed by atoms with Crippen molar-refractivity contribution in [1.82, 2.24) is 0 Å². The number of hydrogen-bond donors (Lipinski definition) is 0. The molecule has 0 bridgehead atoms. The van der Waals surface area contributed by atoms with Crippen LogP contribution in [0.15, 0.2) is 29.2 Å². The number of Topliss-reactive ketones (excluding diaryl/α,β-unsaturated/α-hetero) is 1. The second-order valence-corrected chi connectivity index (χ2v) is 7.50. The molecule has 8 heteroatoms. The summed E-state index contributed by atoms with van der Waals surface area (Å²) >= 11 is 0. The Morgan fingerprint density at radius 1 is 1.39 bits per heavy atom. The van der Waals surface area contributed by atoms with E-state index in [4.69, 9.17) is 0 Å². The molecule has 0 amide bonds. The fourth-order valence-corrected chi connectivity index (χ4v) is 4.38. The van der Waals surface area contributed by atoms with Gasteiger partial charge in [-0.3, -0.25) is 9.59 Å². The lowest BCUT2D eigenvalue weighted by atomic mass is 9.88. The number of halogens is 2. The Hall–Kier alpha value is -1.83. The minimum Gasteiger partial charge on any atom is -0.414 e. The lowest BCUT2D eigenvalue weighted by molar-refractivity contribution is -0.173. The highest BCUT2D eigenvalue weighted by Gasteiger charge is 2.56. The molecule has 0 aromatic heterocycles. The van der Waals surface area contributed by atoms with Crippen molar-refractivity contribution >= 4 is 21.6 Å². The maximum Gasteiger partial charge on any atom is 0.359 e. The zero-order valence-corrected chi connectivity index (χ0v) is 13.2. The van der Waals surface area contributed by atoms with E-state index in [1.807, 2.05) is 0 Å². The van der Waals surface area contributed by atoms with Gasteiger partial charge >= 0.3 is 11.2 Å². The zero-order chi connectivity index (χ0) is 17.3. The van der Waals surface area contributed by atoms with E-state index in [0.29, 0.717) is 12.5 Å². The SMILES string of the molecule is CC(=O)OC(F)(C1CCCC(=O)C1)S(=O)(=O)c1cccc(F)c1. The first kappa shape index (κ1) is 17.5. The van der Waals surface area contributed by atoms with Gasteiger partial charge in [-0.25, -0.2) is 12.8 Å². The average Bonchev–Trinajstić information content (AvgIpc) is 2.46. The molecule has 0 aliphatic heterocycles. The van der Waals surface area contributed by atoms with Crippen LogP contribution in [0.1, 0.15) is 32.6 Å². The highest BCUT2D eigenvalue weighted by atomic mass is 32.2. The monoisotopic (exact) mass is 346 g/mol. The quantitative estimate of drug-likeness (QED) is 0.783. The molecule has 1 fully saturated rings. The highest BCUT2D eigenvalue weighted by Crippen LogP contribution is 2.42. The highest BCUT2D eigenvalue weighted by molar-refractivity contribution is 7.92. The standard InChI is InChI=1S/C15H16F2O5S/c1-10(18)22-15(17,11-4-2-6-13(19)8-11)23(20,21)14-7-3-5-12(16)9-14/h3,5,7,9,11H,2,4,6,8H2,1H3. The fraction of sp³-hybridized carbons (Fsp3) is 0.467. The van der Waals surface area contributed by atoms with Gasteiger partial charge in [0, 0.05) is 19.8 Å². The number of ether oxygens (including phenoxy) is 1. The minimum atomic E-state index is -4.84. The van der Waals surface area contributed by atoms with E-state index in [1.165, 1.54) is 0 Å². The molecule has 1 aliphatic rings. The van der Waals surface area contributed by atoms with Crippen molar-refractivity contribution < 1.29 is 31.5 Å². The lowest BCUT2D eigenvalue weighted by Gasteiger charge is -2.33. The van der Waals surface area contributed by atoms with Crippen LogP contribution in [0.2, 0.25) is 0 Å². The topological polar surface area (TPSA) is 77.5 Å². The summed E-state index contributed by atoms with van der Waals surface area (Å²) in [5.74, 6) is -3.62. The van der Waals surface area contributed by atoms with Crippen LogP contribution in [0.5, 0.6) is 0 Å². The summed E-state index contributed by atoms with van der Waals surface area (Å²) in [5.41, 5.74) is 0. The van der Waals surface area contributed by atoms with E-state index < -0.39 is 37.6 Å². The molecule has 1 aromatic rings. The number of carbonyl (C=O) groups is 2. The molecule has 1 saturated carbocycles. The van der Waals surface area contributed by atoms with Gasteiger partial charge in [0.15, 0.2) is 0 Å². The van der Waals surface area contributed by atoms with E-state index in [-0.39, 0.29) is 25.0 Å². The Labute approximate surface area is 132 Å². The van der Waals surface area contributed by atoms with Gasteiger partial charge in [0.25, 0.3) is 9.84 Å². The Bertz CT molecular complexity index is 731. The molecular weight excluding hydrogens is 330 g/mol. The van der Waals surface area contributed by atoms with Crippen LogP contribution >= 0.6 is 0 Å². The van der Waals surface area contributed by atoms with E-state index >= 15 is 4.39 Å². The average molecular weight is 346 g/mol. The van der Waals surface area contributed by atoms with Crippen LogP contribution in [0.4, 0.5) is 8.78 Å². The summed E-state index contributed by atoms with van der Waals surface area (Å²) < 4.78 is 58.4. The van der Waals surface area contributed by atoms with Crippen LogP contribution in [0.3, 0.4) is 0 Å². The molecule has 1 aliphatic carbocycles. The number of ketones is 1. The molecule has 0 radical (unpaired) electrons. The summed E-state index contributed by atoms with van der Waals surface area (Å²) in [6, 6.07) is 3.79. The van der Waals surface area contributed by atoms with Gasteiger partial charge in [-0.1, -0.05) is 6.07 Å². The molecule has 2 rings (SSSR count). The maximum absolute atomic E-state index is 15.4. The molecule has 0 spiro atoms. The Balaban J connectivity index is 2.52. The Morgan fingerprint density at radius 3 is 2.65 bits per heavy atom. The molecule has 126 valence electrons. The summed E-state index contributed by atoms with van der Waals surface area (Å²) in [6.07, 6.45) is 0.254. The lowest BCUT2D eigenvalue weighted by Crippen LogP contribution is -2.47. The van der Waals surface area contributed by atoms with Crippen molar-refractivity contribution in [3.63, 3.8) is 0 Å².